The molecule has 1 saturated heterocycles. The summed E-state index contributed by atoms with van der Waals surface area (Å²) < 4.78 is 0. The van der Waals surface area contributed by atoms with Gasteiger partial charge in [0.25, 0.3) is 0 Å². The second-order valence-electron chi connectivity index (χ2n) is 6.63. The Morgan fingerprint density at radius 2 is 1.67 bits per heavy atom. The molecule has 0 saturated carbocycles. The van der Waals surface area contributed by atoms with E-state index in [9.17, 15) is 4.79 Å². The van der Waals surface area contributed by atoms with Crippen molar-refractivity contribution in [3.05, 3.63) is 66.7 Å². The quantitative estimate of drug-likeness (QED) is 0.769. The summed E-state index contributed by atoms with van der Waals surface area (Å²) in [4.78, 5) is 20.6. The first-order chi connectivity index (χ1) is 13.3. The van der Waals surface area contributed by atoms with Gasteiger partial charge in [0.05, 0.1) is 24.1 Å². The first kappa shape index (κ1) is 17.2. The van der Waals surface area contributed by atoms with Crippen LogP contribution in [0, 0.1) is 0 Å². The summed E-state index contributed by atoms with van der Waals surface area (Å²) >= 11 is 0. The smallest absolute Gasteiger partial charge is 0.317 e. The summed E-state index contributed by atoms with van der Waals surface area (Å²) in [7, 11) is 0. The average molecular weight is 362 g/mol. The Morgan fingerprint density at radius 3 is 2.41 bits per heavy atom. The van der Waals surface area contributed by atoms with Crippen LogP contribution in [0.2, 0.25) is 0 Å². The molecular weight excluding hydrogens is 340 g/mol. The summed E-state index contributed by atoms with van der Waals surface area (Å²) in [6, 6.07) is 11.5. The van der Waals surface area contributed by atoms with Crippen LogP contribution in [0.25, 0.3) is 5.69 Å². The Hall–Kier alpha value is -3.22. The van der Waals surface area contributed by atoms with Gasteiger partial charge in [0.2, 0.25) is 0 Å². The van der Waals surface area contributed by atoms with Gasteiger partial charge in [0, 0.05) is 24.6 Å². The van der Waals surface area contributed by atoms with E-state index in [4.69, 9.17) is 0 Å². The first-order valence-corrected chi connectivity index (χ1v) is 9.25. The number of aromatic nitrogens is 4. The molecule has 3 aromatic rings. The SMILES string of the molecule is O=C(Nc1ccc(-n2nccn2)cc1)N1CCCCCC1c1ccncc1. The van der Waals surface area contributed by atoms with Gasteiger partial charge in [-0.15, -0.1) is 0 Å². The predicted molar refractivity (Wildman–Crippen MR) is 103 cm³/mol. The molecule has 1 unspecified atom stereocenters. The average Bonchev–Trinajstić information content (AvgIpc) is 3.13. The lowest BCUT2D eigenvalue weighted by molar-refractivity contribution is 0.189. The molecule has 1 N–H and O–H groups in total. The minimum Gasteiger partial charge on any atom is -0.317 e. The highest BCUT2D eigenvalue weighted by Crippen LogP contribution is 2.30. The molecule has 2 amide bonds. The van der Waals surface area contributed by atoms with Crippen molar-refractivity contribution >= 4 is 11.7 Å². The number of anilines is 1. The lowest BCUT2D eigenvalue weighted by Crippen LogP contribution is -2.38. The molecular formula is C20H22N6O. The minimum atomic E-state index is -0.0660. The number of carbonyl (C=O) groups excluding carboxylic acids is 1. The van der Waals surface area contributed by atoms with Crippen molar-refractivity contribution in [3.8, 4) is 5.69 Å². The number of benzene rings is 1. The van der Waals surface area contributed by atoms with Crippen LogP contribution in [0.3, 0.4) is 0 Å². The first-order valence-electron chi connectivity index (χ1n) is 9.25. The van der Waals surface area contributed by atoms with Gasteiger partial charge in [-0.3, -0.25) is 4.98 Å². The van der Waals surface area contributed by atoms with Gasteiger partial charge >= 0.3 is 6.03 Å². The number of rotatable bonds is 3. The number of amides is 2. The van der Waals surface area contributed by atoms with Gasteiger partial charge in [-0.2, -0.15) is 15.0 Å². The summed E-state index contributed by atoms with van der Waals surface area (Å²) in [5.74, 6) is 0. The van der Waals surface area contributed by atoms with E-state index in [2.05, 4.69) is 20.5 Å². The number of pyridine rings is 1. The number of hydrogen-bond donors (Lipinski definition) is 1. The fraction of sp³-hybridized carbons (Fsp3) is 0.300. The zero-order valence-electron chi connectivity index (χ0n) is 15.0. The van der Waals surface area contributed by atoms with Crippen LogP contribution in [-0.2, 0) is 0 Å². The lowest BCUT2D eigenvalue weighted by Gasteiger charge is -2.30. The van der Waals surface area contributed by atoms with E-state index in [0.717, 1.165) is 49.2 Å². The maximum Gasteiger partial charge on any atom is 0.322 e. The number of nitrogens with one attached hydrogen (secondary N) is 1. The number of likely N-dealkylation sites (tertiary alicyclic amines) is 1. The Morgan fingerprint density at radius 1 is 0.926 bits per heavy atom. The van der Waals surface area contributed by atoms with Crippen LogP contribution in [0.1, 0.15) is 37.3 Å². The monoisotopic (exact) mass is 362 g/mol. The lowest BCUT2D eigenvalue weighted by atomic mass is 10.0. The van der Waals surface area contributed by atoms with Crippen LogP contribution in [0.5, 0.6) is 0 Å². The van der Waals surface area contributed by atoms with Gasteiger partial charge in [0.1, 0.15) is 0 Å². The van der Waals surface area contributed by atoms with Gasteiger partial charge in [-0.25, -0.2) is 4.79 Å². The maximum absolute atomic E-state index is 13.0. The summed E-state index contributed by atoms with van der Waals surface area (Å²) in [5, 5.41) is 11.3. The van der Waals surface area contributed by atoms with Crippen LogP contribution in [-0.4, -0.2) is 37.5 Å². The van der Waals surface area contributed by atoms with Crippen molar-refractivity contribution < 1.29 is 4.79 Å². The molecule has 0 spiro atoms. The Balaban J connectivity index is 1.50. The van der Waals surface area contributed by atoms with E-state index < -0.39 is 0 Å². The highest BCUT2D eigenvalue weighted by molar-refractivity contribution is 5.89. The van der Waals surface area contributed by atoms with E-state index in [1.54, 1.807) is 29.6 Å². The van der Waals surface area contributed by atoms with E-state index in [0.29, 0.717) is 0 Å². The number of nitrogens with zero attached hydrogens (tertiary/aromatic N) is 5. The number of urea groups is 1. The van der Waals surface area contributed by atoms with Crippen LogP contribution >= 0.6 is 0 Å². The van der Waals surface area contributed by atoms with E-state index in [1.807, 2.05) is 41.3 Å². The molecule has 0 aliphatic carbocycles. The molecule has 1 aliphatic rings. The van der Waals surface area contributed by atoms with Crippen LogP contribution in [0.4, 0.5) is 10.5 Å². The fourth-order valence-electron chi connectivity index (χ4n) is 3.51. The highest BCUT2D eigenvalue weighted by Gasteiger charge is 2.26. The molecule has 1 aromatic carbocycles. The second-order valence-corrected chi connectivity index (χ2v) is 6.63. The third-order valence-corrected chi connectivity index (χ3v) is 4.87. The Labute approximate surface area is 158 Å². The molecule has 1 aliphatic heterocycles. The van der Waals surface area contributed by atoms with Crippen molar-refractivity contribution in [2.45, 2.75) is 31.7 Å². The Bertz CT molecular complexity index is 863. The summed E-state index contributed by atoms with van der Waals surface area (Å²) in [6.45, 7) is 0.758. The number of carbonyl (C=O) groups is 1. The van der Waals surface area contributed by atoms with Crippen molar-refractivity contribution in [2.75, 3.05) is 11.9 Å². The molecule has 2 aromatic heterocycles. The molecule has 1 fully saturated rings. The predicted octanol–water partition coefficient (Wildman–Crippen LogP) is 3.81. The van der Waals surface area contributed by atoms with Crippen molar-refractivity contribution in [1.82, 2.24) is 24.9 Å². The molecule has 3 heterocycles. The topological polar surface area (TPSA) is 75.9 Å². The van der Waals surface area contributed by atoms with Crippen molar-refractivity contribution in [3.63, 3.8) is 0 Å². The highest BCUT2D eigenvalue weighted by atomic mass is 16.2. The molecule has 0 radical (unpaired) electrons. The summed E-state index contributed by atoms with van der Waals surface area (Å²) in [6.07, 6.45) is 11.1. The van der Waals surface area contributed by atoms with E-state index in [-0.39, 0.29) is 12.1 Å². The normalized spacial score (nSPS) is 17.3. The van der Waals surface area contributed by atoms with E-state index >= 15 is 0 Å². The fourth-order valence-corrected chi connectivity index (χ4v) is 3.51. The zero-order valence-corrected chi connectivity index (χ0v) is 15.0. The molecule has 7 nitrogen and oxygen atoms in total. The molecule has 1 atom stereocenters. The maximum atomic E-state index is 13.0. The standard InChI is InChI=1S/C20H22N6O/c27-20(24-17-5-7-18(8-6-17)26-22-13-14-23-26)25-15-3-1-2-4-19(25)16-9-11-21-12-10-16/h5-14,19H,1-4,15H2,(H,24,27). The molecule has 27 heavy (non-hydrogen) atoms. The van der Waals surface area contributed by atoms with Gasteiger partial charge in [-0.1, -0.05) is 12.8 Å². The minimum absolute atomic E-state index is 0.0660. The van der Waals surface area contributed by atoms with Crippen molar-refractivity contribution in [1.29, 1.82) is 0 Å². The number of hydrogen-bond acceptors (Lipinski definition) is 4. The van der Waals surface area contributed by atoms with Crippen molar-refractivity contribution in [2.24, 2.45) is 0 Å². The van der Waals surface area contributed by atoms with Crippen LogP contribution < -0.4 is 5.32 Å². The third-order valence-electron chi connectivity index (χ3n) is 4.87. The molecule has 4 rings (SSSR count). The van der Waals surface area contributed by atoms with Crippen LogP contribution in [0.15, 0.2) is 61.2 Å². The largest absolute Gasteiger partial charge is 0.322 e. The van der Waals surface area contributed by atoms with Gasteiger partial charge in [-0.05, 0) is 54.8 Å². The van der Waals surface area contributed by atoms with E-state index in [1.165, 1.54) is 0 Å². The Kier molecular flexibility index (Phi) is 5.09. The summed E-state index contributed by atoms with van der Waals surface area (Å²) in [5.41, 5.74) is 2.75. The molecule has 138 valence electrons. The molecule has 0 bridgehead atoms. The second kappa shape index (κ2) is 7.99. The molecule has 7 heteroatoms. The van der Waals surface area contributed by atoms with Gasteiger partial charge in [0.15, 0.2) is 0 Å². The van der Waals surface area contributed by atoms with Gasteiger partial charge < -0.3 is 10.2 Å². The zero-order chi connectivity index (χ0) is 18.5. The third kappa shape index (κ3) is 3.97.